The van der Waals surface area contributed by atoms with Gasteiger partial charge in [0.1, 0.15) is 5.60 Å². The Kier molecular flexibility index (Phi) is 28.1. The summed E-state index contributed by atoms with van der Waals surface area (Å²) in [5.41, 5.74) is -0.506. The minimum atomic E-state index is -0.506. The fourth-order valence-corrected chi connectivity index (χ4v) is 2.66. The molecule has 0 saturated carbocycles. The molecular weight excluding hydrogens is 538 g/mol. The normalized spacial score (nSPS) is 11.7. The van der Waals surface area contributed by atoms with Gasteiger partial charge in [0, 0.05) is 19.5 Å². The fourth-order valence-electron chi connectivity index (χ4n) is 2.55. The van der Waals surface area contributed by atoms with Crippen molar-refractivity contribution < 1.29 is 52.2 Å². The molecule has 0 atom stereocenters. The van der Waals surface area contributed by atoms with Gasteiger partial charge in [-0.25, -0.2) is 4.79 Å². The summed E-state index contributed by atoms with van der Waals surface area (Å²) in [5, 5.41) is 0. The van der Waals surface area contributed by atoms with Crippen LogP contribution in [0.15, 0.2) is 0 Å². The maximum atomic E-state index is 11.8. The molecule has 0 aliphatic rings. The average Bonchev–Trinajstić information content (AvgIpc) is 2.89. The van der Waals surface area contributed by atoms with E-state index in [1.54, 1.807) is 7.05 Å². The lowest BCUT2D eigenvalue weighted by Crippen LogP contribution is -2.36. The molecule has 0 unspecified atom stereocenters. The fraction of sp³-hybridized carbons (Fsp3) is 0.962. The molecule has 0 aliphatic heterocycles. The van der Waals surface area contributed by atoms with Crippen LogP contribution in [-0.4, -0.2) is 155 Å². The quantitative estimate of drug-likeness (QED) is 0.0945. The molecule has 0 aromatic heterocycles. The second-order valence-electron chi connectivity index (χ2n) is 9.10. The topological polar surface area (TPSA) is 113 Å². The number of likely N-dealkylation sites (N-methyl/N-ethyl adjacent to an activating group) is 1. The third-order valence-electron chi connectivity index (χ3n) is 4.47. The van der Waals surface area contributed by atoms with Gasteiger partial charge in [0.25, 0.3) is 0 Å². The maximum absolute atomic E-state index is 11.8. The molecule has 0 aromatic rings. The van der Waals surface area contributed by atoms with E-state index in [0.717, 1.165) is 0 Å². The summed E-state index contributed by atoms with van der Waals surface area (Å²) in [5.74, 6) is 0.495. The van der Waals surface area contributed by atoms with Crippen LogP contribution in [0.1, 0.15) is 20.8 Å². The van der Waals surface area contributed by atoms with E-state index in [4.69, 9.17) is 59.0 Å². The predicted octanol–water partition coefficient (Wildman–Crippen LogP) is 2.24. The van der Waals surface area contributed by atoms with Crippen LogP contribution in [0.5, 0.6) is 0 Å². The van der Waals surface area contributed by atoms with Crippen molar-refractivity contribution in [1.82, 2.24) is 4.90 Å². The molecule has 0 radical (unpaired) electrons. The molecular formula is C26H52ClNO11. The molecule has 0 heterocycles. The zero-order chi connectivity index (χ0) is 28.9. The van der Waals surface area contributed by atoms with Crippen LogP contribution < -0.4 is 0 Å². The average molecular weight is 590 g/mol. The highest BCUT2D eigenvalue weighted by molar-refractivity contribution is 6.17. The molecule has 0 saturated heterocycles. The number of alkyl halides is 1. The molecule has 0 N–H and O–H groups in total. The van der Waals surface area contributed by atoms with E-state index in [1.807, 2.05) is 20.8 Å². The van der Waals surface area contributed by atoms with Crippen molar-refractivity contribution in [2.75, 3.05) is 138 Å². The van der Waals surface area contributed by atoms with Crippen molar-refractivity contribution in [1.29, 1.82) is 0 Å². The Balaban J connectivity index is 3.16. The van der Waals surface area contributed by atoms with Gasteiger partial charge in [-0.15, -0.1) is 11.6 Å². The Labute approximate surface area is 239 Å². The lowest BCUT2D eigenvalue weighted by Gasteiger charge is -2.24. The van der Waals surface area contributed by atoms with Crippen LogP contribution in [0, 0.1) is 0 Å². The van der Waals surface area contributed by atoms with E-state index in [-0.39, 0.29) is 6.09 Å². The van der Waals surface area contributed by atoms with Gasteiger partial charge in [-0.05, 0) is 20.8 Å². The molecule has 0 aromatic carbocycles. The summed E-state index contributed by atoms with van der Waals surface area (Å²) >= 11 is 5.50. The summed E-state index contributed by atoms with van der Waals surface area (Å²) in [4.78, 5) is 13.3. The van der Waals surface area contributed by atoms with Gasteiger partial charge in [0.15, 0.2) is 0 Å². The Bertz CT molecular complexity index is 527. The van der Waals surface area contributed by atoms with Gasteiger partial charge in [-0.2, -0.15) is 0 Å². The van der Waals surface area contributed by atoms with Crippen LogP contribution in [0.25, 0.3) is 0 Å². The van der Waals surface area contributed by atoms with Gasteiger partial charge in [0.05, 0.1) is 119 Å². The lowest BCUT2D eigenvalue weighted by atomic mass is 10.2. The molecule has 39 heavy (non-hydrogen) atoms. The van der Waals surface area contributed by atoms with Crippen LogP contribution in [-0.2, 0) is 47.4 Å². The minimum absolute atomic E-state index is 0.362. The number of halogens is 1. The smallest absolute Gasteiger partial charge is 0.410 e. The first-order chi connectivity index (χ1) is 18.9. The summed E-state index contributed by atoms with van der Waals surface area (Å²) in [6.45, 7) is 15.0. The number of hydrogen-bond acceptors (Lipinski definition) is 11. The standard InChI is InChI=1S/C26H52ClNO11/c1-26(2,3)39-25(29)28(4)6-8-31-10-12-33-14-16-35-18-20-37-22-24-38-23-21-36-19-17-34-15-13-32-11-9-30-7-5-27/h5-24H2,1-4H3. The molecule has 12 nitrogen and oxygen atoms in total. The molecule has 1 amide bonds. The first-order valence-corrected chi connectivity index (χ1v) is 14.1. The number of ether oxygens (including phenoxy) is 10. The highest BCUT2D eigenvalue weighted by atomic mass is 35.5. The van der Waals surface area contributed by atoms with Gasteiger partial charge in [0.2, 0.25) is 0 Å². The summed E-state index contributed by atoms with van der Waals surface area (Å²) in [7, 11) is 1.68. The summed E-state index contributed by atoms with van der Waals surface area (Å²) in [6.07, 6.45) is -0.362. The Morgan fingerprint density at radius 3 is 1.03 bits per heavy atom. The van der Waals surface area contributed by atoms with E-state index >= 15 is 0 Å². The summed E-state index contributed by atoms with van der Waals surface area (Å²) in [6, 6.07) is 0. The molecule has 0 fully saturated rings. The van der Waals surface area contributed by atoms with Crippen molar-refractivity contribution in [2.45, 2.75) is 26.4 Å². The van der Waals surface area contributed by atoms with Crippen LogP contribution in [0.2, 0.25) is 0 Å². The van der Waals surface area contributed by atoms with E-state index in [2.05, 4.69) is 0 Å². The van der Waals surface area contributed by atoms with Crippen molar-refractivity contribution in [3.05, 3.63) is 0 Å². The number of nitrogens with zero attached hydrogens (tertiary/aromatic N) is 1. The third kappa shape index (κ3) is 31.6. The first kappa shape index (κ1) is 38.2. The van der Waals surface area contributed by atoms with Gasteiger partial charge < -0.3 is 52.3 Å². The molecule has 234 valence electrons. The van der Waals surface area contributed by atoms with Crippen LogP contribution in [0.4, 0.5) is 4.79 Å². The van der Waals surface area contributed by atoms with Crippen molar-refractivity contribution in [3.8, 4) is 0 Å². The van der Waals surface area contributed by atoms with Crippen LogP contribution in [0.3, 0.4) is 0 Å². The van der Waals surface area contributed by atoms with E-state index in [9.17, 15) is 4.79 Å². The third-order valence-corrected chi connectivity index (χ3v) is 4.63. The van der Waals surface area contributed by atoms with Crippen molar-refractivity contribution in [2.24, 2.45) is 0 Å². The Hall–Kier alpha value is -0.800. The highest BCUT2D eigenvalue weighted by Crippen LogP contribution is 2.08. The van der Waals surface area contributed by atoms with Gasteiger partial charge in [-0.3, -0.25) is 0 Å². The number of carbonyl (C=O) groups excluding carboxylic acids is 1. The summed E-state index contributed by atoms with van der Waals surface area (Å²) < 4.78 is 53.9. The lowest BCUT2D eigenvalue weighted by molar-refractivity contribution is -0.0251. The van der Waals surface area contributed by atoms with Gasteiger partial charge >= 0.3 is 6.09 Å². The number of hydrogen-bond donors (Lipinski definition) is 0. The van der Waals surface area contributed by atoms with E-state index in [1.165, 1.54) is 4.90 Å². The van der Waals surface area contributed by atoms with Gasteiger partial charge in [-0.1, -0.05) is 0 Å². The highest BCUT2D eigenvalue weighted by Gasteiger charge is 2.19. The Morgan fingerprint density at radius 1 is 0.513 bits per heavy atom. The number of amides is 1. The zero-order valence-corrected chi connectivity index (χ0v) is 25.2. The van der Waals surface area contributed by atoms with E-state index < -0.39 is 5.60 Å². The number of carbonyl (C=O) groups is 1. The van der Waals surface area contributed by atoms with Crippen LogP contribution >= 0.6 is 11.6 Å². The Morgan fingerprint density at radius 2 is 0.769 bits per heavy atom. The monoisotopic (exact) mass is 589 g/mol. The zero-order valence-electron chi connectivity index (χ0n) is 24.5. The second-order valence-corrected chi connectivity index (χ2v) is 9.48. The predicted molar refractivity (Wildman–Crippen MR) is 147 cm³/mol. The van der Waals surface area contributed by atoms with E-state index in [0.29, 0.717) is 131 Å². The maximum Gasteiger partial charge on any atom is 0.410 e. The molecule has 0 rings (SSSR count). The minimum Gasteiger partial charge on any atom is -0.444 e. The SMILES string of the molecule is CN(CCOCCOCCOCCOCCOCCOCCOCCOCCOCCCl)C(=O)OC(C)(C)C. The molecule has 0 aliphatic carbocycles. The molecule has 13 heteroatoms. The molecule has 0 spiro atoms. The first-order valence-electron chi connectivity index (χ1n) is 13.6. The van der Waals surface area contributed by atoms with Crippen molar-refractivity contribution >= 4 is 17.7 Å². The van der Waals surface area contributed by atoms with Crippen molar-refractivity contribution in [3.63, 3.8) is 0 Å². The molecule has 0 bridgehead atoms. The largest absolute Gasteiger partial charge is 0.444 e. The second kappa shape index (κ2) is 28.7. The number of rotatable bonds is 29.